The molecule has 312 valence electrons. The summed E-state index contributed by atoms with van der Waals surface area (Å²) < 4.78 is 160. The van der Waals surface area contributed by atoms with Gasteiger partial charge < -0.3 is 0 Å². The first-order valence-corrected chi connectivity index (χ1v) is 7.56. The van der Waals surface area contributed by atoms with Gasteiger partial charge in [0.15, 0.2) is 6.67 Å². The van der Waals surface area contributed by atoms with Crippen LogP contribution in [0.15, 0.2) is 0 Å². The van der Waals surface area contributed by atoms with Crippen molar-refractivity contribution in [3.63, 3.8) is 0 Å². The summed E-state index contributed by atoms with van der Waals surface area (Å²) in [7, 11) is 0. The molecule has 0 aliphatic heterocycles. The van der Waals surface area contributed by atoms with E-state index in [1.54, 1.807) is 6.92 Å². The van der Waals surface area contributed by atoms with Crippen molar-refractivity contribution in [1.82, 2.24) is 0 Å². The molecule has 0 heterocycles. The van der Waals surface area contributed by atoms with Crippen molar-refractivity contribution in [3.8, 4) is 0 Å². The molecule has 0 fully saturated rings. The lowest BCUT2D eigenvalue weighted by Gasteiger charge is -2.16. The van der Waals surface area contributed by atoms with Crippen LogP contribution in [-0.2, 0) is 4.74 Å². The predicted octanol–water partition coefficient (Wildman–Crippen LogP) is 17.7. The van der Waals surface area contributed by atoms with E-state index in [0.717, 1.165) is 0 Å². The van der Waals surface area contributed by atoms with E-state index < -0.39 is 52.8 Å². The van der Waals surface area contributed by atoms with Crippen molar-refractivity contribution in [2.45, 2.75) is 163 Å². The molecule has 1 nitrogen and oxygen atoms in total. The maximum absolute atomic E-state index is 11.7. The third-order valence-corrected chi connectivity index (χ3v) is 1.49. The van der Waals surface area contributed by atoms with E-state index in [-0.39, 0.29) is 131 Å². The van der Waals surface area contributed by atoms with Gasteiger partial charge in [0.25, 0.3) is 0 Å². The number of ether oxygens (including phenoxy) is 1. The molecule has 0 N–H and O–H groups in total. The first-order valence-electron chi connectivity index (χ1n) is 7.56. The molecule has 0 saturated heterocycles. The summed E-state index contributed by atoms with van der Waals surface area (Å²) in [5, 5.41) is 0. The number of halogens is 15. The van der Waals surface area contributed by atoms with E-state index in [4.69, 9.17) is 0 Å². The van der Waals surface area contributed by atoms with Crippen LogP contribution in [0, 0.1) is 0 Å². The number of hydrogen-bond acceptors (Lipinski definition) is 1. The average Bonchev–Trinajstić information content (AvgIpc) is 2.57. The SMILES string of the molecule is C.C.C.C.C.C.C.C.C.C.C.C.C.C.C.CCCC(CCF)OC(F)(F)F.CCF.FCC(F)(F)F.FCF.FCF.FCF. The van der Waals surface area contributed by atoms with Crippen LogP contribution in [0.1, 0.15) is 145 Å². The highest BCUT2D eigenvalue weighted by Crippen LogP contribution is 2.22. The van der Waals surface area contributed by atoms with Crippen LogP contribution in [0.2, 0.25) is 0 Å². The molecule has 1 atom stereocenters. The maximum atomic E-state index is 11.7. The van der Waals surface area contributed by atoms with Crippen LogP contribution < -0.4 is 0 Å². The molecule has 0 aromatic rings. The third kappa shape index (κ3) is 431. The maximum Gasteiger partial charge on any atom is 0.522 e. The second kappa shape index (κ2) is 132. The minimum absolute atomic E-state index is 0. The summed E-state index contributed by atoms with van der Waals surface area (Å²) >= 11 is 0. The Kier molecular flexibility index (Phi) is 451. The molecule has 0 aromatic carbocycles. The number of hydrogen-bond donors (Lipinski definition) is 0. The van der Waals surface area contributed by atoms with E-state index in [0.29, 0.717) is 6.42 Å². The van der Waals surface area contributed by atoms with Crippen molar-refractivity contribution in [3.05, 3.63) is 0 Å². The molecule has 1 unspecified atom stereocenters. The van der Waals surface area contributed by atoms with Gasteiger partial charge in [-0.1, -0.05) is 125 Å². The zero-order valence-electron chi connectivity index (χ0n) is 16.0. The van der Waals surface area contributed by atoms with Crippen LogP contribution in [0.4, 0.5) is 65.9 Å². The van der Waals surface area contributed by atoms with Gasteiger partial charge in [0.1, 0.15) is 0 Å². The monoisotopic (exact) mass is 735 g/mol. The molecular formula is C29H85F15O. The summed E-state index contributed by atoms with van der Waals surface area (Å²) in [6.07, 6.45) is -9.69. The first-order chi connectivity index (χ1) is 13.7. The average molecular weight is 735 g/mol. The summed E-state index contributed by atoms with van der Waals surface area (Å²) in [5.74, 6) is 0. The van der Waals surface area contributed by atoms with E-state index in [9.17, 15) is 65.9 Å². The number of rotatable bonds is 5. The summed E-state index contributed by atoms with van der Waals surface area (Å²) in [5.41, 5.74) is 0. The van der Waals surface area contributed by atoms with Crippen molar-refractivity contribution >= 4 is 0 Å². The van der Waals surface area contributed by atoms with Gasteiger partial charge in [-0.3, -0.25) is 13.5 Å². The quantitative estimate of drug-likeness (QED) is 0.256. The molecule has 0 aliphatic rings. The molecule has 45 heavy (non-hydrogen) atoms. The topological polar surface area (TPSA) is 9.23 Å². The Morgan fingerprint density at radius 3 is 0.711 bits per heavy atom. The second-order valence-corrected chi connectivity index (χ2v) is 3.77. The van der Waals surface area contributed by atoms with E-state index in [1.807, 2.05) is 0 Å². The van der Waals surface area contributed by atoms with Gasteiger partial charge in [-0.25, -0.2) is 30.7 Å². The fraction of sp³-hybridized carbons (Fsp3) is 1.00. The lowest BCUT2D eigenvalue weighted by Crippen LogP contribution is -2.24. The molecule has 0 aromatic heterocycles. The van der Waals surface area contributed by atoms with Crippen molar-refractivity contribution < 1.29 is 70.6 Å². The molecular weight excluding hydrogens is 649 g/mol. The zero-order chi connectivity index (χ0) is 25.6. The Morgan fingerprint density at radius 1 is 0.444 bits per heavy atom. The largest absolute Gasteiger partial charge is 0.522 e. The van der Waals surface area contributed by atoms with Crippen LogP contribution in [0.5, 0.6) is 0 Å². The predicted molar refractivity (Wildman–Crippen MR) is 182 cm³/mol. The molecule has 0 bridgehead atoms. The summed E-state index contributed by atoms with van der Waals surface area (Å²) in [6.45, 7) is -5.32. The Labute approximate surface area is 275 Å². The first kappa shape index (κ1) is 154. The second-order valence-electron chi connectivity index (χ2n) is 3.77. The minimum atomic E-state index is -4.64. The molecule has 0 saturated carbocycles. The fourth-order valence-corrected chi connectivity index (χ4v) is 0.895. The van der Waals surface area contributed by atoms with E-state index >= 15 is 0 Å². The van der Waals surface area contributed by atoms with Crippen LogP contribution in [0.25, 0.3) is 0 Å². The highest BCUT2D eigenvalue weighted by molar-refractivity contribution is 4.57. The highest BCUT2D eigenvalue weighted by atomic mass is 19.4. The molecule has 0 rings (SSSR count). The van der Waals surface area contributed by atoms with Crippen molar-refractivity contribution in [2.24, 2.45) is 0 Å². The van der Waals surface area contributed by atoms with Crippen molar-refractivity contribution in [2.75, 3.05) is 40.8 Å². The Morgan fingerprint density at radius 2 is 0.622 bits per heavy atom. The Hall–Kier alpha value is -1.09. The van der Waals surface area contributed by atoms with Crippen LogP contribution >= 0.6 is 0 Å². The molecule has 0 amide bonds. The Bertz CT molecular complexity index is 247. The van der Waals surface area contributed by atoms with Gasteiger partial charge in [0, 0.05) is 6.42 Å². The fourth-order valence-electron chi connectivity index (χ4n) is 0.895. The van der Waals surface area contributed by atoms with Crippen LogP contribution in [0.3, 0.4) is 0 Å². The van der Waals surface area contributed by atoms with Crippen LogP contribution in [-0.4, -0.2) is 59.5 Å². The lowest BCUT2D eigenvalue weighted by atomic mass is 10.1. The molecule has 16 heteroatoms. The standard InChI is InChI=1S/C7H12F4O.C2H2F4.C2H5F.3CH2F2.15CH4/c1-2-3-6(4-5-8)12-7(9,10)11;3-1-2(4,5)6;1-2-3;3*2-1-3;;;;;;;;;;;;;;;/h6H,2-5H2,1H3;1H2;2H2,1H3;3*1H2;15*1H4. The van der Waals surface area contributed by atoms with Gasteiger partial charge in [0.05, 0.1) is 19.5 Å². The minimum Gasteiger partial charge on any atom is -0.288 e. The third-order valence-electron chi connectivity index (χ3n) is 1.49. The lowest BCUT2D eigenvalue weighted by molar-refractivity contribution is -0.344. The van der Waals surface area contributed by atoms with E-state index in [2.05, 4.69) is 4.74 Å². The Balaban J connectivity index is -0.00000000824. The molecule has 0 spiro atoms. The van der Waals surface area contributed by atoms with Gasteiger partial charge in [-0.05, 0) is 13.3 Å². The van der Waals surface area contributed by atoms with Gasteiger partial charge in [0.2, 0.25) is 20.8 Å². The molecule has 0 aliphatic carbocycles. The van der Waals surface area contributed by atoms with E-state index in [1.165, 1.54) is 6.92 Å². The summed E-state index contributed by atoms with van der Waals surface area (Å²) in [6, 6.07) is 0. The molecule has 0 radical (unpaired) electrons. The number of alkyl halides is 15. The normalized spacial score (nSPS) is 7.13. The van der Waals surface area contributed by atoms with Crippen molar-refractivity contribution in [1.29, 1.82) is 0 Å². The highest BCUT2D eigenvalue weighted by Gasteiger charge is 2.32. The van der Waals surface area contributed by atoms with Gasteiger partial charge >= 0.3 is 12.5 Å². The smallest absolute Gasteiger partial charge is 0.288 e. The van der Waals surface area contributed by atoms with Gasteiger partial charge in [-0.2, -0.15) is 13.2 Å². The zero-order valence-corrected chi connectivity index (χ0v) is 16.0. The summed E-state index contributed by atoms with van der Waals surface area (Å²) in [4.78, 5) is 0. The van der Waals surface area contributed by atoms with Gasteiger partial charge in [-0.15, -0.1) is 13.2 Å².